The molecule has 0 aromatic carbocycles. The van der Waals surface area contributed by atoms with E-state index in [-0.39, 0.29) is 25.6 Å². The molecule has 0 saturated heterocycles. The van der Waals surface area contributed by atoms with Crippen molar-refractivity contribution in [3.8, 4) is 0 Å². The Balaban J connectivity index is 2.52. The van der Waals surface area contributed by atoms with Crippen molar-refractivity contribution in [2.24, 2.45) is 0 Å². The van der Waals surface area contributed by atoms with Gasteiger partial charge in [-0.2, -0.15) is 4.68 Å². The van der Waals surface area contributed by atoms with Crippen LogP contribution in [0.1, 0.15) is 0 Å². The fourth-order valence-electron chi connectivity index (χ4n) is 1.11. The molecule has 1 rings (SSSR count). The predicted octanol–water partition coefficient (Wildman–Crippen LogP) is -1.74. The normalized spacial score (nSPS) is 10.5. The molecule has 0 aliphatic rings. The molecule has 0 radical (unpaired) electrons. The van der Waals surface area contributed by atoms with E-state index in [1.165, 1.54) is 12.3 Å². The molecule has 1 aromatic heterocycles. The second-order valence-corrected chi connectivity index (χ2v) is 3.26. The van der Waals surface area contributed by atoms with Crippen LogP contribution >= 0.6 is 0 Å². The fourth-order valence-corrected chi connectivity index (χ4v) is 1.11. The van der Waals surface area contributed by atoms with Gasteiger partial charge in [0.25, 0.3) is 0 Å². The number of nitro groups is 1. The van der Waals surface area contributed by atoms with E-state index < -0.39 is 16.9 Å². The highest BCUT2D eigenvalue weighted by Crippen LogP contribution is 2.04. The molecule has 0 aliphatic heterocycles. The Morgan fingerprint density at radius 3 is 2.71 bits per heavy atom. The lowest BCUT2D eigenvalue weighted by molar-refractivity contribution is -0.389. The Morgan fingerprint density at radius 1 is 1.59 bits per heavy atom. The van der Waals surface area contributed by atoms with E-state index in [0.29, 0.717) is 0 Å². The zero-order valence-electron chi connectivity index (χ0n) is 8.81. The monoisotopic (exact) mass is 244 g/mol. The lowest BCUT2D eigenvalue weighted by atomic mass is 10.3. The smallest absolute Gasteiger partial charge is 0.389 e. The van der Waals surface area contributed by atoms with Crippen LogP contribution in [-0.4, -0.2) is 50.1 Å². The van der Waals surface area contributed by atoms with E-state index in [4.69, 9.17) is 10.2 Å². The number of carbonyl (C=O) groups excluding carboxylic acids is 1. The molecule has 0 spiro atoms. The number of aliphatic hydroxyl groups excluding tert-OH is 2. The minimum absolute atomic E-state index is 0.218. The molecule has 0 bridgehead atoms. The summed E-state index contributed by atoms with van der Waals surface area (Å²) in [5.74, 6) is -0.852. The van der Waals surface area contributed by atoms with Gasteiger partial charge < -0.3 is 25.6 Å². The maximum absolute atomic E-state index is 11.4. The molecule has 1 amide bonds. The molecule has 3 N–H and O–H groups in total. The van der Waals surface area contributed by atoms with Gasteiger partial charge in [-0.05, 0) is 4.92 Å². The van der Waals surface area contributed by atoms with Gasteiger partial charge in [0, 0.05) is 0 Å². The highest BCUT2D eigenvalue weighted by atomic mass is 16.6. The summed E-state index contributed by atoms with van der Waals surface area (Å²) in [6, 6.07) is 0.427. The van der Waals surface area contributed by atoms with E-state index in [0.717, 1.165) is 4.68 Å². The summed E-state index contributed by atoms with van der Waals surface area (Å²) < 4.78 is 1.10. The van der Waals surface area contributed by atoms with E-state index in [9.17, 15) is 14.9 Å². The topological polar surface area (TPSA) is 131 Å². The number of hydrogen-bond acceptors (Lipinski definition) is 6. The highest BCUT2D eigenvalue weighted by molar-refractivity contribution is 5.76. The Kier molecular flexibility index (Phi) is 4.55. The van der Waals surface area contributed by atoms with Crippen LogP contribution in [0, 0.1) is 10.1 Å². The number of carbonyl (C=O) groups is 1. The molecule has 0 atom stereocenters. The SMILES string of the molecule is O=C(Cn1ccc([N+](=O)[O-])n1)NC(CO)CO. The maximum atomic E-state index is 11.4. The van der Waals surface area contributed by atoms with Gasteiger partial charge in [-0.3, -0.25) is 4.79 Å². The van der Waals surface area contributed by atoms with Crippen LogP contribution in [0.3, 0.4) is 0 Å². The first kappa shape index (κ1) is 13.1. The third kappa shape index (κ3) is 3.81. The second-order valence-electron chi connectivity index (χ2n) is 3.26. The van der Waals surface area contributed by atoms with Crippen LogP contribution in [0.25, 0.3) is 0 Å². The average molecular weight is 244 g/mol. The second kappa shape index (κ2) is 5.92. The largest absolute Gasteiger partial charge is 0.394 e. The quantitative estimate of drug-likeness (QED) is 0.402. The molecular weight excluding hydrogens is 232 g/mol. The highest BCUT2D eigenvalue weighted by Gasteiger charge is 2.15. The molecule has 9 heteroatoms. The number of rotatable bonds is 6. The lowest BCUT2D eigenvalue weighted by Gasteiger charge is -2.12. The molecule has 17 heavy (non-hydrogen) atoms. The fraction of sp³-hybridized carbons (Fsp3) is 0.500. The minimum Gasteiger partial charge on any atom is -0.394 e. The summed E-state index contributed by atoms with van der Waals surface area (Å²) in [6.07, 6.45) is 1.30. The zero-order valence-corrected chi connectivity index (χ0v) is 8.81. The maximum Gasteiger partial charge on any atom is 0.389 e. The van der Waals surface area contributed by atoms with Crippen molar-refractivity contribution in [2.75, 3.05) is 13.2 Å². The number of aromatic nitrogens is 2. The number of nitrogens with one attached hydrogen (secondary N) is 1. The summed E-state index contributed by atoms with van der Waals surface area (Å²) in [5, 5.41) is 33.7. The first-order valence-corrected chi connectivity index (χ1v) is 4.75. The van der Waals surface area contributed by atoms with Gasteiger partial charge in [-0.15, -0.1) is 0 Å². The van der Waals surface area contributed by atoms with Crippen molar-refractivity contribution in [3.05, 3.63) is 22.4 Å². The van der Waals surface area contributed by atoms with Crippen LogP contribution in [0.15, 0.2) is 12.3 Å². The van der Waals surface area contributed by atoms with Gasteiger partial charge in [0.1, 0.15) is 6.54 Å². The van der Waals surface area contributed by atoms with Crippen molar-refractivity contribution in [3.63, 3.8) is 0 Å². The van der Waals surface area contributed by atoms with Crippen LogP contribution < -0.4 is 5.32 Å². The van der Waals surface area contributed by atoms with E-state index in [1.807, 2.05) is 0 Å². The van der Waals surface area contributed by atoms with Gasteiger partial charge in [-0.1, -0.05) is 0 Å². The molecule has 1 aromatic rings. The van der Waals surface area contributed by atoms with Gasteiger partial charge in [0.2, 0.25) is 5.91 Å². The van der Waals surface area contributed by atoms with Crippen LogP contribution in [0.4, 0.5) is 5.82 Å². The van der Waals surface area contributed by atoms with E-state index >= 15 is 0 Å². The zero-order chi connectivity index (χ0) is 12.8. The standard InChI is InChI=1S/C8H12N4O5/c13-4-6(5-14)9-8(15)3-11-2-1-7(10-11)12(16)17/h1-2,6,13-14H,3-5H2,(H,9,15). The van der Waals surface area contributed by atoms with Gasteiger partial charge in [-0.25, -0.2) is 0 Å². The van der Waals surface area contributed by atoms with Gasteiger partial charge >= 0.3 is 5.82 Å². The summed E-state index contributed by atoms with van der Waals surface area (Å²) in [4.78, 5) is 21.0. The third-order valence-electron chi connectivity index (χ3n) is 1.93. The van der Waals surface area contributed by atoms with Crippen LogP contribution in [-0.2, 0) is 11.3 Å². The number of aliphatic hydroxyl groups is 2. The lowest BCUT2D eigenvalue weighted by Crippen LogP contribution is -2.41. The molecule has 0 unspecified atom stereocenters. The van der Waals surface area contributed by atoms with Crippen molar-refractivity contribution in [1.82, 2.24) is 15.1 Å². The Bertz CT molecular complexity index is 400. The van der Waals surface area contributed by atoms with Crippen molar-refractivity contribution in [2.45, 2.75) is 12.6 Å². The number of nitrogens with zero attached hydrogens (tertiary/aromatic N) is 3. The number of amides is 1. The Hall–Kier alpha value is -2.00. The van der Waals surface area contributed by atoms with Crippen molar-refractivity contribution < 1.29 is 19.9 Å². The molecule has 0 aliphatic carbocycles. The predicted molar refractivity (Wildman–Crippen MR) is 55.0 cm³/mol. The summed E-state index contributed by atoms with van der Waals surface area (Å²) in [5.41, 5.74) is 0. The van der Waals surface area contributed by atoms with Gasteiger partial charge in [0.15, 0.2) is 0 Å². The molecule has 0 saturated carbocycles. The van der Waals surface area contributed by atoms with Crippen LogP contribution in [0.5, 0.6) is 0 Å². The molecule has 0 fully saturated rings. The molecule has 94 valence electrons. The van der Waals surface area contributed by atoms with Crippen molar-refractivity contribution >= 4 is 11.7 Å². The summed E-state index contributed by atoms with van der Waals surface area (Å²) in [7, 11) is 0. The first-order chi connectivity index (χ1) is 8.06. The van der Waals surface area contributed by atoms with E-state index in [2.05, 4.69) is 10.4 Å². The molecular formula is C8H12N4O5. The Morgan fingerprint density at radius 2 is 2.24 bits per heavy atom. The molecule has 9 nitrogen and oxygen atoms in total. The minimum atomic E-state index is -0.743. The van der Waals surface area contributed by atoms with Crippen LogP contribution in [0.2, 0.25) is 0 Å². The third-order valence-corrected chi connectivity index (χ3v) is 1.93. The average Bonchev–Trinajstić information content (AvgIpc) is 2.74. The van der Waals surface area contributed by atoms with E-state index in [1.54, 1.807) is 0 Å². The summed E-state index contributed by atoms with van der Waals surface area (Å²) >= 11 is 0. The number of hydrogen-bond donors (Lipinski definition) is 3. The summed E-state index contributed by atoms with van der Waals surface area (Å²) in [6.45, 7) is -0.993. The Labute approximate surface area is 95.8 Å². The molecule has 1 heterocycles. The first-order valence-electron chi connectivity index (χ1n) is 4.75. The van der Waals surface area contributed by atoms with Gasteiger partial charge in [0.05, 0.1) is 36.6 Å². The van der Waals surface area contributed by atoms with Crippen molar-refractivity contribution in [1.29, 1.82) is 0 Å².